The molecule has 0 saturated carbocycles. The van der Waals surface area contributed by atoms with Gasteiger partial charge in [-0.1, -0.05) is 59.3 Å². The van der Waals surface area contributed by atoms with Crippen molar-refractivity contribution in [2.45, 2.75) is 32.5 Å². The fourth-order valence-electron chi connectivity index (χ4n) is 3.31. The summed E-state index contributed by atoms with van der Waals surface area (Å²) in [6.45, 7) is 6.45. The molecule has 0 radical (unpaired) electrons. The van der Waals surface area contributed by atoms with Crippen molar-refractivity contribution in [3.63, 3.8) is 0 Å². The van der Waals surface area contributed by atoms with E-state index < -0.39 is 0 Å². The van der Waals surface area contributed by atoms with E-state index in [-0.39, 0.29) is 11.7 Å². The molecule has 0 bridgehead atoms. The van der Waals surface area contributed by atoms with E-state index in [2.05, 4.69) is 48.3 Å². The highest BCUT2D eigenvalue weighted by Crippen LogP contribution is 2.28. The quantitative estimate of drug-likeness (QED) is 0.365. The van der Waals surface area contributed by atoms with Crippen LogP contribution in [0.3, 0.4) is 0 Å². The monoisotopic (exact) mass is 446 g/mol. The molecule has 0 saturated heterocycles. The third kappa shape index (κ3) is 4.94. The first-order valence-corrected chi connectivity index (χ1v) is 11.4. The van der Waals surface area contributed by atoms with Gasteiger partial charge in [-0.3, -0.25) is 9.36 Å². The van der Waals surface area contributed by atoms with Crippen molar-refractivity contribution < 1.29 is 9.21 Å². The molecule has 0 aliphatic carbocycles. The predicted octanol–water partition coefficient (Wildman–Crippen LogP) is 5.20. The van der Waals surface area contributed by atoms with Crippen LogP contribution in [-0.4, -0.2) is 38.4 Å². The Morgan fingerprint density at radius 1 is 0.938 bits per heavy atom. The van der Waals surface area contributed by atoms with Gasteiger partial charge in [-0.25, -0.2) is 0 Å². The number of furan rings is 1. The topological polar surface area (TPSA) is 64.2 Å². The van der Waals surface area contributed by atoms with Gasteiger partial charge in [0.15, 0.2) is 11.0 Å². The Labute approximate surface area is 192 Å². The van der Waals surface area contributed by atoms with Gasteiger partial charge in [-0.05, 0) is 45.0 Å². The second-order valence-corrected chi connectivity index (χ2v) is 8.84. The van der Waals surface area contributed by atoms with Crippen molar-refractivity contribution in [1.82, 2.24) is 19.7 Å². The molecule has 2 aromatic heterocycles. The van der Waals surface area contributed by atoms with Gasteiger partial charge < -0.3 is 9.32 Å². The van der Waals surface area contributed by atoms with Crippen LogP contribution in [0.4, 0.5) is 0 Å². The smallest absolute Gasteiger partial charge is 0.233 e. The summed E-state index contributed by atoms with van der Waals surface area (Å²) in [7, 11) is 1.78. The molecule has 0 atom stereocenters. The lowest BCUT2D eigenvalue weighted by Crippen LogP contribution is -2.27. The molecule has 0 spiro atoms. The van der Waals surface area contributed by atoms with Crippen molar-refractivity contribution in [1.29, 1.82) is 0 Å². The van der Waals surface area contributed by atoms with E-state index in [0.717, 1.165) is 28.6 Å². The number of amides is 1. The van der Waals surface area contributed by atoms with Gasteiger partial charge in [-0.15, -0.1) is 10.2 Å². The molecule has 6 nitrogen and oxygen atoms in total. The fourth-order valence-corrected chi connectivity index (χ4v) is 4.20. The minimum Gasteiger partial charge on any atom is -0.464 e. The average Bonchev–Trinajstić information content (AvgIpc) is 3.39. The molecule has 4 aromatic rings. The van der Waals surface area contributed by atoms with Crippen LogP contribution in [-0.2, 0) is 11.3 Å². The van der Waals surface area contributed by atoms with E-state index in [1.54, 1.807) is 11.9 Å². The molecule has 1 amide bonds. The third-order valence-electron chi connectivity index (χ3n) is 5.17. The molecule has 32 heavy (non-hydrogen) atoms. The highest BCUT2D eigenvalue weighted by Gasteiger charge is 2.19. The van der Waals surface area contributed by atoms with Gasteiger partial charge in [0.2, 0.25) is 5.91 Å². The second-order valence-electron chi connectivity index (χ2n) is 7.89. The lowest BCUT2D eigenvalue weighted by atomic mass is 10.1. The summed E-state index contributed by atoms with van der Waals surface area (Å²) < 4.78 is 7.60. The zero-order valence-corrected chi connectivity index (χ0v) is 19.5. The van der Waals surface area contributed by atoms with Crippen LogP contribution in [0.15, 0.2) is 70.2 Å². The predicted molar refractivity (Wildman–Crippen MR) is 127 cm³/mol. The van der Waals surface area contributed by atoms with Crippen LogP contribution in [0.5, 0.6) is 0 Å². The Morgan fingerprint density at radius 2 is 1.59 bits per heavy atom. The van der Waals surface area contributed by atoms with Crippen LogP contribution < -0.4 is 0 Å². The summed E-state index contributed by atoms with van der Waals surface area (Å²) in [4.78, 5) is 14.4. The largest absolute Gasteiger partial charge is 0.464 e. The minimum atomic E-state index is -0.000560. The van der Waals surface area contributed by atoms with Gasteiger partial charge in [0.1, 0.15) is 11.5 Å². The molecule has 2 aromatic carbocycles. The maximum atomic E-state index is 12.7. The number of aryl methyl sites for hydroxylation is 3. The number of aromatic nitrogens is 3. The molecule has 4 rings (SSSR count). The number of rotatable bonds is 7. The highest BCUT2D eigenvalue weighted by molar-refractivity contribution is 7.99. The van der Waals surface area contributed by atoms with E-state index in [9.17, 15) is 4.79 Å². The Balaban J connectivity index is 1.57. The van der Waals surface area contributed by atoms with E-state index in [4.69, 9.17) is 4.42 Å². The first-order valence-electron chi connectivity index (χ1n) is 10.4. The Hall–Kier alpha value is -3.32. The Morgan fingerprint density at radius 3 is 2.22 bits per heavy atom. The number of nitrogens with zero attached hydrogens (tertiary/aromatic N) is 4. The highest BCUT2D eigenvalue weighted by atomic mass is 32.2. The lowest BCUT2D eigenvalue weighted by molar-refractivity contribution is -0.127. The normalized spacial score (nSPS) is 11.0. The van der Waals surface area contributed by atoms with Crippen LogP contribution in [0.2, 0.25) is 0 Å². The molecule has 2 heterocycles. The van der Waals surface area contributed by atoms with Gasteiger partial charge in [0.05, 0.1) is 12.3 Å². The lowest BCUT2D eigenvalue weighted by Gasteiger charge is -2.16. The molecule has 0 unspecified atom stereocenters. The number of carbonyl (C=O) groups is 1. The van der Waals surface area contributed by atoms with Crippen molar-refractivity contribution in [2.24, 2.45) is 0 Å². The first-order chi connectivity index (χ1) is 15.4. The Bertz CT molecular complexity index is 1210. The maximum absolute atomic E-state index is 12.7. The van der Waals surface area contributed by atoms with Crippen LogP contribution in [0.1, 0.15) is 22.6 Å². The molecular formula is C25H26N4O2S. The third-order valence-corrected chi connectivity index (χ3v) is 6.09. The number of benzene rings is 2. The first kappa shape index (κ1) is 21.9. The maximum Gasteiger partial charge on any atom is 0.233 e. The summed E-state index contributed by atoms with van der Waals surface area (Å²) >= 11 is 1.38. The van der Waals surface area contributed by atoms with Crippen molar-refractivity contribution in [3.05, 3.63) is 83.3 Å². The van der Waals surface area contributed by atoms with Crippen LogP contribution in [0, 0.1) is 20.8 Å². The zero-order valence-electron chi connectivity index (χ0n) is 18.7. The second kappa shape index (κ2) is 9.44. The van der Waals surface area contributed by atoms with E-state index in [1.807, 2.05) is 47.9 Å². The minimum absolute atomic E-state index is 0.000560. The molecule has 164 valence electrons. The zero-order chi connectivity index (χ0) is 22.7. The molecule has 0 N–H and O–H groups in total. The number of hydrogen-bond donors (Lipinski definition) is 0. The SMILES string of the molecule is Cc1ccc(-c2nnc(SCC(=O)N(C)Cc3ccc(C)o3)n2-c2ccc(C)cc2)cc1. The summed E-state index contributed by atoms with van der Waals surface area (Å²) in [5.74, 6) is 2.62. The van der Waals surface area contributed by atoms with Crippen molar-refractivity contribution in [2.75, 3.05) is 12.8 Å². The summed E-state index contributed by atoms with van der Waals surface area (Å²) in [5, 5.41) is 9.56. The standard InChI is InChI=1S/C25H26N4O2S/c1-17-5-10-20(11-6-17)24-26-27-25(29(24)21-12-7-18(2)8-13-21)32-16-23(30)28(4)15-22-14-9-19(3)31-22/h5-14H,15-16H2,1-4H3. The molecule has 0 fully saturated rings. The van der Waals surface area contributed by atoms with E-state index in [0.29, 0.717) is 11.7 Å². The van der Waals surface area contributed by atoms with Gasteiger partial charge >= 0.3 is 0 Å². The summed E-state index contributed by atoms with van der Waals surface area (Å²) in [6.07, 6.45) is 0. The van der Waals surface area contributed by atoms with Crippen LogP contribution in [0.25, 0.3) is 17.1 Å². The van der Waals surface area contributed by atoms with E-state index in [1.165, 1.54) is 22.9 Å². The summed E-state index contributed by atoms with van der Waals surface area (Å²) in [6, 6.07) is 20.2. The van der Waals surface area contributed by atoms with E-state index >= 15 is 0 Å². The Kier molecular flexibility index (Phi) is 6.46. The van der Waals surface area contributed by atoms with Crippen molar-refractivity contribution in [3.8, 4) is 17.1 Å². The average molecular weight is 447 g/mol. The van der Waals surface area contributed by atoms with Gasteiger partial charge in [0.25, 0.3) is 0 Å². The summed E-state index contributed by atoms with van der Waals surface area (Å²) in [5.41, 5.74) is 4.31. The van der Waals surface area contributed by atoms with Crippen LogP contribution >= 0.6 is 11.8 Å². The molecular weight excluding hydrogens is 420 g/mol. The molecule has 7 heteroatoms. The van der Waals surface area contributed by atoms with Crippen molar-refractivity contribution >= 4 is 17.7 Å². The number of thioether (sulfide) groups is 1. The fraction of sp³-hybridized carbons (Fsp3) is 0.240. The van der Waals surface area contributed by atoms with Gasteiger partial charge in [-0.2, -0.15) is 0 Å². The van der Waals surface area contributed by atoms with Gasteiger partial charge in [0, 0.05) is 18.3 Å². The number of carbonyl (C=O) groups excluding carboxylic acids is 1. The molecule has 0 aliphatic heterocycles. The number of hydrogen-bond acceptors (Lipinski definition) is 5. The molecule has 0 aliphatic rings.